The van der Waals surface area contributed by atoms with Gasteiger partial charge in [-0.25, -0.2) is 16.8 Å². The standard InChI is InChI=1S/C21H18N4O5S3/c1-30-13-7-8-15-12(9-13)10-16(22-15)20-14-11-19(31-21(14)24-23-20)25-33(28,29)18-6-4-3-5-17(18)32(2,26)27/h3-11,22,25H,1-2H3,(H,23,24). The number of nitrogens with zero attached hydrogens (tertiary/aromatic N) is 1. The molecular weight excluding hydrogens is 484 g/mol. The monoisotopic (exact) mass is 502 g/mol. The molecule has 0 atom stereocenters. The van der Waals surface area contributed by atoms with Gasteiger partial charge >= 0.3 is 0 Å². The van der Waals surface area contributed by atoms with Gasteiger partial charge in [0.15, 0.2) is 9.84 Å². The van der Waals surface area contributed by atoms with Crippen LogP contribution in [-0.4, -0.2) is 45.4 Å². The van der Waals surface area contributed by atoms with Crippen molar-refractivity contribution in [3.63, 3.8) is 0 Å². The van der Waals surface area contributed by atoms with Crippen molar-refractivity contribution in [2.24, 2.45) is 0 Å². The molecule has 9 nitrogen and oxygen atoms in total. The molecule has 0 saturated carbocycles. The molecule has 2 aromatic carbocycles. The molecule has 0 fully saturated rings. The second-order valence-electron chi connectivity index (χ2n) is 7.39. The van der Waals surface area contributed by atoms with Gasteiger partial charge in [-0.05, 0) is 42.5 Å². The summed E-state index contributed by atoms with van der Waals surface area (Å²) in [6.07, 6.45) is 0.976. The van der Waals surface area contributed by atoms with Gasteiger partial charge in [0.2, 0.25) is 0 Å². The van der Waals surface area contributed by atoms with E-state index in [2.05, 4.69) is 19.9 Å². The van der Waals surface area contributed by atoms with Gasteiger partial charge in [0.05, 0.1) is 17.7 Å². The number of thiophene rings is 1. The van der Waals surface area contributed by atoms with E-state index in [4.69, 9.17) is 4.74 Å². The Labute approximate surface area is 193 Å². The molecule has 0 aliphatic heterocycles. The highest BCUT2D eigenvalue weighted by Crippen LogP contribution is 2.37. The Balaban J connectivity index is 1.53. The van der Waals surface area contributed by atoms with E-state index in [0.29, 0.717) is 15.5 Å². The maximum atomic E-state index is 13.0. The summed E-state index contributed by atoms with van der Waals surface area (Å²) in [6, 6.07) is 14.8. The van der Waals surface area contributed by atoms with Gasteiger partial charge < -0.3 is 9.72 Å². The number of nitrogens with one attached hydrogen (secondary N) is 3. The van der Waals surface area contributed by atoms with Gasteiger partial charge in [-0.2, -0.15) is 5.10 Å². The largest absolute Gasteiger partial charge is 0.497 e. The zero-order valence-electron chi connectivity index (χ0n) is 17.4. The van der Waals surface area contributed by atoms with E-state index in [1.54, 1.807) is 13.2 Å². The topological polar surface area (TPSA) is 134 Å². The van der Waals surface area contributed by atoms with E-state index in [9.17, 15) is 16.8 Å². The quantitative estimate of drug-likeness (QED) is 0.321. The molecule has 0 bridgehead atoms. The van der Waals surface area contributed by atoms with Gasteiger partial charge in [0, 0.05) is 22.5 Å². The zero-order valence-corrected chi connectivity index (χ0v) is 19.9. The van der Waals surface area contributed by atoms with Crippen LogP contribution in [-0.2, 0) is 19.9 Å². The minimum Gasteiger partial charge on any atom is -0.497 e. The highest BCUT2D eigenvalue weighted by Gasteiger charge is 2.25. The fraction of sp³-hybridized carbons (Fsp3) is 0.0952. The number of sulfone groups is 1. The van der Waals surface area contributed by atoms with Crippen LogP contribution in [0.25, 0.3) is 32.5 Å². The molecule has 3 aromatic heterocycles. The molecule has 0 unspecified atom stereocenters. The summed E-state index contributed by atoms with van der Waals surface area (Å²) in [5, 5.41) is 9.32. The molecule has 5 aromatic rings. The van der Waals surface area contributed by atoms with Crippen LogP contribution < -0.4 is 9.46 Å². The van der Waals surface area contributed by atoms with Crippen LogP contribution in [0.15, 0.2) is 64.4 Å². The highest BCUT2D eigenvalue weighted by atomic mass is 32.2. The van der Waals surface area contributed by atoms with Crippen LogP contribution in [0.5, 0.6) is 5.75 Å². The second-order valence-corrected chi connectivity index (χ2v) is 12.1. The lowest BCUT2D eigenvalue weighted by Gasteiger charge is -2.09. The van der Waals surface area contributed by atoms with E-state index in [-0.39, 0.29) is 9.79 Å². The minimum atomic E-state index is -4.13. The number of aromatic amines is 2. The number of anilines is 1. The lowest BCUT2D eigenvalue weighted by molar-refractivity contribution is 0.415. The van der Waals surface area contributed by atoms with Crippen LogP contribution in [0, 0.1) is 0 Å². The van der Waals surface area contributed by atoms with Crippen molar-refractivity contribution in [3.05, 3.63) is 54.6 Å². The Morgan fingerprint density at radius 1 is 1.00 bits per heavy atom. The number of benzene rings is 2. The molecule has 0 saturated heterocycles. The molecule has 0 aliphatic carbocycles. The van der Waals surface area contributed by atoms with E-state index < -0.39 is 19.9 Å². The third-order valence-electron chi connectivity index (χ3n) is 5.11. The SMILES string of the molecule is COc1ccc2[nH]c(-c3n[nH]c4sc(NS(=O)(=O)c5ccccc5S(C)(=O)=O)cc34)cc2c1. The lowest BCUT2D eigenvalue weighted by Crippen LogP contribution is -2.15. The summed E-state index contributed by atoms with van der Waals surface area (Å²) in [6.45, 7) is 0. The Bertz CT molecular complexity index is 1730. The fourth-order valence-electron chi connectivity index (χ4n) is 3.60. The molecule has 0 radical (unpaired) electrons. The van der Waals surface area contributed by atoms with Gasteiger partial charge in [-0.1, -0.05) is 23.5 Å². The average Bonchev–Trinajstić information content (AvgIpc) is 3.45. The number of H-pyrrole nitrogens is 2. The summed E-state index contributed by atoms with van der Waals surface area (Å²) in [5.74, 6) is 0.738. The predicted molar refractivity (Wildman–Crippen MR) is 128 cm³/mol. The third kappa shape index (κ3) is 3.86. The average molecular weight is 503 g/mol. The van der Waals surface area contributed by atoms with E-state index >= 15 is 0 Å². The van der Waals surface area contributed by atoms with Crippen molar-refractivity contribution < 1.29 is 21.6 Å². The second kappa shape index (κ2) is 7.61. The van der Waals surface area contributed by atoms with Crippen molar-refractivity contribution in [2.45, 2.75) is 9.79 Å². The first-order valence-corrected chi connectivity index (χ1v) is 13.8. The summed E-state index contributed by atoms with van der Waals surface area (Å²) in [4.78, 5) is 3.43. The van der Waals surface area contributed by atoms with Crippen LogP contribution in [0.1, 0.15) is 0 Å². The molecule has 170 valence electrons. The zero-order chi connectivity index (χ0) is 23.4. The van der Waals surface area contributed by atoms with Gasteiger partial charge in [-0.3, -0.25) is 9.82 Å². The minimum absolute atomic E-state index is 0.254. The Kier molecular flexibility index (Phi) is 4.96. The molecule has 3 heterocycles. The summed E-state index contributed by atoms with van der Waals surface area (Å²) in [5.41, 5.74) is 2.31. The fourth-order valence-corrected chi connectivity index (χ4v) is 7.42. The smallest absolute Gasteiger partial charge is 0.263 e. The highest BCUT2D eigenvalue weighted by molar-refractivity contribution is 7.95. The first kappa shape index (κ1) is 21.5. The predicted octanol–water partition coefficient (Wildman–Crippen LogP) is 3.99. The normalized spacial score (nSPS) is 12.4. The molecule has 12 heteroatoms. The van der Waals surface area contributed by atoms with E-state index in [0.717, 1.165) is 34.0 Å². The maximum Gasteiger partial charge on any atom is 0.263 e. The van der Waals surface area contributed by atoms with E-state index in [1.807, 2.05) is 24.3 Å². The van der Waals surface area contributed by atoms with Crippen LogP contribution in [0.4, 0.5) is 5.00 Å². The molecule has 33 heavy (non-hydrogen) atoms. The van der Waals surface area contributed by atoms with Crippen molar-refractivity contribution in [3.8, 4) is 17.1 Å². The first-order valence-electron chi connectivity index (χ1n) is 9.63. The van der Waals surface area contributed by atoms with Crippen molar-refractivity contribution in [1.82, 2.24) is 15.2 Å². The number of hydrogen-bond acceptors (Lipinski definition) is 7. The first-order chi connectivity index (χ1) is 15.7. The molecule has 5 rings (SSSR count). The number of fused-ring (bicyclic) bond motifs is 2. The molecule has 3 N–H and O–H groups in total. The molecule has 0 spiro atoms. The maximum absolute atomic E-state index is 13.0. The Morgan fingerprint density at radius 2 is 1.76 bits per heavy atom. The Hall–Kier alpha value is -3.35. The molecular formula is C21H18N4O5S3. The summed E-state index contributed by atoms with van der Waals surface area (Å²) in [7, 11) is -6.26. The number of sulfonamides is 1. The van der Waals surface area contributed by atoms with Crippen LogP contribution >= 0.6 is 11.3 Å². The number of rotatable bonds is 6. The van der Waals surface area contributed by atoms with E-state index in [1.165, 1.54) is 35.6 Å². The summed E-state index contributed by atoms with van der Waals surface area (Å²) < 4.78 is 57.8. The number of hydrogen-bond donors (Lipinski definition) is 3. The third-order valence-corrected chi connectivity index (χ3v) is 8.90. The van der Waals surface area contributed by atoms with Crippen molar-refractivity contribution in [2.75, 3.05) is 18.1 Å². The lowest BCUT2D eigenvalue weighted by atomic mass is 10.2. The van der Waals surface area contributed by atoms with Crippen LogP contribution in [0.2, 0.25) is 0 Å². The van der Waals surface area contributed by atoms with Crippen LogP contribution in [0.3, 0.4) is 0 Å². The number of ether oxygens (including phenoxy) is 1. The van der Waals surface area contributed by atoms with Crippen molar-refractivity contribution >= 4 is 57.3 Å². The van der Waals surface area contributed by atoms with Gasteiger partial charge in [0.25, 0.3) is 10.0 Å². The van der Waals surface area contributed by atoms with Gasteiger partial charge in [-0.15, -0.1) is 0 Å². The summed E-state index contributed by atoms with van der Waals surface area (Å²) >= 11 is 1.17. The van der Waals surface area contributed by atoms with Gasteiger partial charge in [0.1, 0.15) is 26.2 Å². The molecule has 0 amide bonds. The number of aromatic nitrogens is 3. The van der Waals surface area contributed by atoms with Crippen molar-refractivity contribution in [1.29, 1.82) is 0 Å². The molecule has 0 aliphatic rings. The number of methoxy groups -OCH3 is 1. The Morgan fingerprint density at radius 3 is 2.48 bits per heavy atom.